The summed E-state index contributed by atoms with van der Waals surface area (Å²) in [6, 6.07) is 0. The zero-order valence-corrected chi connectivity index (χ0v) is 8.20. The average molecular weight is 128 g/mol. The Morgan fingerprint density at radius 3 is 1.88 bits per heavy atom. The predicted molar refractivity (Wildman–Crippen MR) is 43.2 cm³/mol. The molecule has 0 unspecified atom stereocenters. The predicted octanol–water partition coefficient (Wildman–Crippen LogP) is 1.30. The van der Waals surface area contributed by atoms with E-state index in [0.29, 0.717) is 0 Å². The van der Waals surface area contributed by atoms with Crippen LogP contribution in [-0.2, 0) is 0 Å². The van der Waals surface area contributed by atoms with Gasteiger partial charge in [-0.2, -0.15) is 0 Å². The van der Waals surface area contributed by atoms with Crippen molar-refractivity contribution in [3.05, 3.63) is 11.8 Å². The van der Waals surface area contributed by atoms with Crippen molar-refractivity contribution in [2.24, 2.45) is 5.92 Å². The van der Waals surface area contributed by atoms with Crippen LogP contribution in [0, 0.1) is 5.92 Å². The van der Waals surface area contributed by atoms with Crippen LogP contribution in [0.4, 0.5) is 0 Å². The third-order valence-electron chi connectivity index (χ3n) is 1.68. The molecule has 0 bridgehead atoms. The maximum Gasteiger partial charge on any atom is 0.0328 e. The molecule has 0 aliphatic carbocycles. The largest absolute Gasteiger partial charge is 0.104 e. The summed E-state index contributed by atoms with van der Waals surface area (Å²) in [6.07, 6.45) is 2.55. The average Bonchev–Trinajstić information content (AvgIpc) is 1.69. The van der Waals surface area contributed by atoms with Gasteiger partial charge in [0, 0.05) is 10.2 Å². The Labute approximate surface area is 55.4 Å². The minimum atomic E-state index is 0.821. The first kappa shape index (κ1) is 7.96. The molecule has 0 spiro atoms. The number of allylic oxidation sites excluding steroid dienone is 1. The Morgan fingerprint density at radius 2 is 1.88 bits per heavy atom. The van der Waals surface area contributed by atoms with Gasteiger partial charge in [0.2, 0.25) is 0 Å². The molecule has 0 N–H and O–H groups in total. The normalized spacial score (nSPS) is 10.4. The molecule has 1 heteroatoms. The Kier molecular flexibility index (Phi) is 3.88. The molecule has 0 radical (unpaired) electrons. The van der Waals surface area contributed by atoms with Gasteiger partial charge in [-0.3, -0.25) is 0 Å². The van der Waals surface area contributed by atoms with E-state index in [1.165, 1.54) is 28.3 Å². The van der Waals surface area contributed by atoms with E-state index in [9.17, 15) is 0 Å². The SMILES string of the molecule is C=C([SiH3])C(CC)CC. The maximum atomic E-state index is 3.96. The van der Waals surface area contributed by atoms with Gasteiger partial charge in [-0.15, -0.1) is 6.58 Å². The summed E-state index contributed by atoms with van der Waals surface area (Å²) < 4.78 is 0. The molecule has 0 nitrogen and oxygen atoms in total. The molecular formula is C7H16Si. The lowest BCUT2D eigenvalue weighted by Gasteiger charge is -2.09. The van der Waals surface area contributed by atoms with Crippen LogP contribution in [0.15, 0.2) is 11.8 Å². The van der Waals surface area contributed by atoms with Crippen LogP contribution in [0.5, 0.6) is 0 Å². The van der Waals surface area contributed by atoms with Crippen molar-refractivity contribution in [1.29, 1.82) is 0 Å². The molecule has 8 heavy (non-hydrogen) atoms. The van der Waals surface area contributed by atoms with Gasteiger partial charge in [0.1, 0.15) is 0 Å². The quantitative estimate of drug-likeness (QED) is 0.503. The van der Waals surface area contributed by atoms with Crippen molar-refractivity contribution in [2.75, 3.05) is 0 Å². The van der Waals surface area contributed by atoms with E-state index in [1.807, 2.05) is 0 Å². The molecule has 0 fully saturated rings. The fourth-order valence-corrected chi connectivity index (χ4v) is 1.80. The van der Waals surface area contributed by atoms with Gasteiger partial charge in [0.05, 0.1) is 0 Å². The standard InChI is InChI=1S/C7H16Si/c1-4-7(5-2)6(3)8/h7H,3-5H2,1-2,8H3. The van der Waals surface area contributed by atoms with Crippen LogP contribution < -0.4 is 0 Å². The van der Waals surface area contributed by atoms with Crippen LogP contribution in [0.25, 0.3) is 0 Å². The highest BCUT2D eigenvalue weighted by Crippen LogP contribution is 2.12. The minimum absolute atomic E-state index is 0.821. The second-order valence-electron chi connectivity index (χ2n) is 2.36. The zero-order chi connectivity index (χ0) is 6.57. The van der Waals surface area contributed by atoms with Gasteiger partial charge in [-0.25, -0.2) is 0 Å². The van der Waals surface area contributed by atoms with Gasteiger partial charge in [0.25, 0.3) is 0 Å². The first-order valence-corrected chi connectivity index (χ1v) is 4.37. The van der Waals surface area contributed by atoms with E-state index in [1.54, 1.807) is 0 Å². The molecule has 0 aromatic carbocycles. The Hall–Kier alpha value is -0.0431. The lowest BCUT2D eigenvalue weighted by Crippen LogP contribution is -1.98. The first-order valence-electron chi connectivity index (χ1n) is 3.37. The summed E-state index contributed by atoms with van der Waals surface area (Å²) in [5.74, 6) is 0.821. The first-order chi connectivity index (χ1) is 3.72. The molecule has 0 amide bonds. The minimum Gasteiger partial charge on any atom is -0.104 e. The lowest BCUT2D eigenvalue weighted by molar-refractivity contribution is 0.596. The highest BCUT2D eigenvalue weighted by Gasteiger charge is 2.00. The number of hydrogen-bond acceptors (Lipinski definition) is 0. The topological polar surface area (TPSA) is 0 Å². The summed E-state index contributed by atoms with van der Waals surface area (Å²) in [6.45, 7) is 8.43. The molecule has 0 rings (SSSR count). The van der Waals surface area contributed by atoms with Gasteiger partial charge in [0.15, 0.2) is 0 Å². The van der Waals surface area contributed by atoms with Crippen LogP contribution in [0.1, 0.15) is 26.7 Å². The Balaban J connectivity index is 3.52. The molecule has 0 atom stereocenters. The summed E-state index contributed by atoms with van der Waals surface area (Å²) in [5, 5.41) is 1.47. The second kappa shape index (κ2) is 3.90. The van der Waals surface area contributed by atoms with Crippen molar-refractivity contribution < 1.29 is 0 Å². The van der Waals surface area contributed by atoms with Crippen molar-refractivity contribution in [2.45, 2.75) is 26.7 Å². The monoisotopic (exact) mass is 128 g/mol. The van der Waals surface area contributed by atoms with E-state index in [0.717, 1.165) is 5.92 Å². The molecule has 0 saturated carbocycles. The molecule has 0 aromatic heterocycles. The summed E-state index contributed by atoms with van der Waals surface area (Å²) in [4.78, 5) is 0. The second-order valence-corrected chi connectivity index (χ2v) is 3.64. The van der Waals surface area contributed by atoms with E-state index in [-0.39, 0.29) is 0 Å². The Bertz CT molecular complexity index is 72.5. The molecule has 0 heterocycles. The fourth-order valence-electron chi connectivity index (χ4n) is 0.986. The number of hydrogen-bond donors (Lipinski definition) is 0. The van der Waals surface area contributed by atoms with Gasteiger partial charge in [-0.1, -0.05) is 19.0 Å². The summed E-state index contributed by atoms with van der Waals surface area (Å²) in [5.41, 5.74) is 0. The lowest BCUT2D eigenvalue weighted by atomic mass is 10.0. The van der Waals surface area contributed by atoms with Gasteiger partial charge < -0.3 is 0 Å². The van der Waals surface area contributed by atoms with Gasteiger partial charge in [-0.05, 0) is 18.8 Å². The van der Waals surface area contributed by atoms with E-state index in [2.05, 4.69) is 20.4 Å². The Morgan fingerprint density at radius 1 is 1.50 bits per heavy atom. The summed E-state index contributed by atoms with van der Waals surface area (Å²) >= 11 is 0. The van der Waals surface area contributed by atoms with E-state index < -0.39 is 0 Å². The molecule has 48 valence electrons. The highest BCUT2D eigenvalue weighted by atomic mass is 28.1. The number of rotatable bonds is 3. The molecule has 0 saturated heterocycles. The fraction of sp³-hybridized carbons (Fsp3) is 0.714. The molecular weight excluding hydrogens is 112 g/mol. The van der Waals surface area contributed by atoms with E-state index >= 15 is 0 Å². The highest BCUT2D eigenvalue weighted by molar-refractivity contribution is 6.21. The van der Waals surface area contributed by atoms with Crippen molar-refractivity contribution in [3.63, 3.8) is 0 Å². The van der Waals surface area contributed by atoms with Crippen LogP contribution in [0.3, 0.4) is 0 Å². The van der Waals surface area contributed by atoms with Crippen molar-refractivity contribution in [1.82, 2.24) is 0 Å². The smallest absolute Gasteiger partial charge is 0.0328 e. The van der Waals surface area contributed by atoms with Crippen LogP contribution in [0.2, 0.25) is 0 Å². The van der Waals surface area contributed by atoms with Crippen LogP contribution in [-0.4, -0.2) is 10.2 Å². The molecule has 0 aliphatic heterocycles. The molecule has 0 aliphatic rings. The van der Waals surface area contributed by atoms with Crippen LogP contribution >= 0.6 is 0 Å². The third-order valence-corrected chi connectivity index (χ3v) is 2.50. The van der Waals surface area contributed by atoms with Crippen molar-refractivity contribution >= 4 is 10.2 Å². The maximum absolute atomic E-state index is 3.96. The van der Waals surface area contributed by atoms with Gasteiger partial charge >= 0.3 is 0 Å². The third kappa shape index (κ3) is 2.31. The van der Waals surface area contributed by atoms with Crippen molar-refractivity contribution in [3.8, 4) is 0 Å². The van der Waals surface area contributed by atoms with E-state index in [4.69, 9.17) is 0 Å². The zero-order valence-electron chi connectivity index (χ0n) is 6.20. The molecule has 0 aromatic rings. The summed E-state index contributed by atoms with van der Waals surface area (Å²) in [7, 11) is 1.18.